The van der Waals surface area contributed by atoms with E-state index in [1.807, 2.05) is 17.8 Å². The van der Waals surface area contributed by atoms with E-state index in [1.54, 1.807) is 12.3 Å². The largest absolute Gasteiger partial charge is 0.573 e. The third kappa shape index (κ3) is 4.18. The molecule has 0 aliphatic carbocycles. The Labute approximate surface area is 114 Å². The second-order valence-electron chi connectivity index (χ2n) is 4.21. The zero-order valence-electron chi connectivity index (χ0n) is 10.8. The molecule has 0 bridgehead atoms. The number of aromatic nitrogens is 2. The van der Waals surface area contributed by atoms with E-state index in [0.29, 0.717) is 18.7 Å². The summed E-state index contributed by atoms with van der Waals surface area (Å²) in [4.78, 5) is 4.16. The minimum atomic E-state index is -4.68. The second-order valence-corrected chi connectivity index (χ2v) is 4.21. The van der Waals surface area contributed by atoms with Crippen LogP contribution in [0.15, 0.2) is 36.7 Å². The molecule has 0 aliphatic heterocycles. The zero-order chi connectivity index (χ0) is 14.6. The summed E-state index contributed by atoms with van der Waals surface area (Å²) in [6.07, 6.45) is -0.459. The summed E-state index contributed by atoms with van der Waals surface area (Å²) in [6, 6.07) is 5.76. The summed E-state index contributed by atoms with van der Waals surface area (Å²) in [5.41, 5.74) is 0.570. The number of ether oxygens (including phenoxy) is 1. The fourth-order valence-electron chi connectivity index (χ4n) is 1.76. The van der Waals surface area contributed by atoms with Crippen molar-refractivity contribution in [2.45, 2.75) is 12.8 Å². The molecule has 0 saturated heterocycles. The third-order valence-electron chi connectivity index (χ3n) is 2.67. The number of hydrogen-bond donors (Lipinski definition) is 1. The first-order valence-corrected chi connectivity index (χ1v) is 6.00. The van der Waals surface area contributed by atoms with Crippen LogP contribution >= 0.6 is 0 Å². The maximum absolute atomic E-state index is 12.1. The first-order chi connectivity index (χ1) is 9.44. The molecule has 0 amide bonds. The second kappa shape index (κ2) is 5.85. The van der Waals surface area contributed by atoms with Crippen molar-refractivity contribution < 1.29 is 17.9 Å². The standard InChI is InChI=1S/C13H14F3N3O/c1-19-8-7-18-12(19)5-6-17-10-3-2-4-11(9-10)20-13(14,15)16/h2-4,7-9,17H,5-6H2,1H3. The average molecular weight is 285 g/mol. The van der Waals surface area contributed by atoms with Crippen LogP contribution in [0.25, 0.3) is 0 Å². The van der Waals surface area contributed by atoms with Crippen molar-refractivity contribution in [3.8, 4) is 5.75 Å². The Morgan fingerprint density at radius 3 is 2.80 bits per heavy atom. The summed E-state index contributed by atoms with van der Waals surface area (Å²) < 4.78 is 42.1. The molecule has 2 aromatic rings. The van der Waals surface area contributed by atoms with Gasteiger partial charge in [-0.2, -0.15) is 0 Å². The van der Waals surface area contributed by atoms with Crippen LogP contribution in [0.5, 0.6) is 5.75 Å². The molecule has 0 radical (unpaired) electrons. The average Bonchev–Trinajstić information content (AvgIpc) is 2.73. The van der Waals surface area contributed by atoms with Gasteiger partial charge in [-0.25, -0.2) is 4.98 Å². The van der Waals surface area contributed by atoms with E-state index in [0.717, 1.165) is 5.82 Å². The molecule has 0 fully saturated rings. The van der Waals surface area contributed by atoms with Gasteiger partial charge in [-0.05, 0) is 12.1 Å². The molecule has 0 aliphatic rings. The summed E-state index contributed by atoms with van der Waals surface area (Å²) in [7, 11) is 1.89. The van der Waals surface area contributed by atoms with Crippen molar-refractivity contribution in [2.24, 2.45) is 7.05 Å². The van der Waals surface area contributed by atoms with Gasteiger partial charge in [0.15, 0.2) is 0 Å². The van der Waals surface area contributed by atoms with Gasteiger partial charge in [-0.3, -0.25) is 0 Å². The molecular weight excluding hydrogens is 271 g/mol. The Hall–Kier alpha value is -2.18. The van der Waals surface area contributed by atoms with Crippen molar-refractivity contribution >= 4 is 5.69 Å². The molecular formula is C13H14F3N3O. The highest BCUT2D eigenvalue weighted by Crippen LogP contribution is 2.24. The van der Waals surface area contributed by atoms with E-state index in [1.165, 1.54) is 18.2 Å². The van der Waals surface area contributed by atoms with Crippen LogP contribution in [0.2, 0.25) is 0 Å². The van der Waals surface area contributed by atoms with Crippen LogP contribution < -0.4 is 10.1 Å². The molecule has 20 heavy (non-hydrogen) atoms. The van der Waals surface area contributed by atoms with Gasteiger partial charge in [0.05, 0.1) is 0 Å². The van der Waals surface area contributed by atoms with Crippen LogP contribution in [0, 0.1) is 0 Å². The molecule has 0 unspecified atom stereocenters. The van der Waals surface area contributed by atoms with Crippen molar-refractivity contribution in [3.05, 3.63) is 42.5 Å². The monoisotopic (exact) mass is 285 g/mol. The molecule has 4 nitrogen and oxygen atoms in total. The predicted molar refractivity (Wildman–Crippen MR) is 68.5 cm³/mol. The van der Waals surface area contributed by atoms with E-state index >= 15 is 0 Å². The third-order valence-corrected chi connectivity index (χ3v) is 2.67. The van der Waals surface area contributed by atoms with E-state index in [9.17, 15) is 13.2 Å². The van der Waals surface area contributed by atoms with Gasteiger partial charge in [0.1, 0.15) is 11.6 Å². The minimum Gasteiger partial charge on any atom is -0.406 e. The number of imidazole rings is 1. The molecule has 1 aromatic carbocycles. The van der Waals surface area contributed by atoms with E-state index in [-0.39, 0.29) is 5.75 Å². The van der Waals surface area contributed by atoms with Gasteiger partial charge >= 0.3 is 6.36 Å². The SMILES string of the molecule is Cn1ccnc1CCNc1cccc(OC(F)(F)F)c1. The number of halogens is 3. The lowest BCUT2D eigenvalue weighted by Gasteiger charge is -2.11. The van der Waals surface area contributed by atoms with Gasteiger partial charge < -0.3 is 14.6 Å². The van der Waals surface area contributed by atoms with Gasteiger partial charge in [0.25, 0.3) is 0 Å². The van der Waals surface area contributed by atoms with Crippen LogP contribution in [0.1, 0.15) is 5.82 Å². The zero-order valence-corrected chi connectivity index (χ0v) is 10.8. The lowest BCUT2D eigenvalue weighted by molar-refractivity contribution is -0.274. The highest BCUT2D eigenvalue weighted by molar-refractivity contribution is 5.48. The Kier molecular flexibility index (Phi) is 4.16. The van der Waals surface area contributed by atoms with Gasteiger partial charge in [0, 0.05) is 44.2 Å². The molecule has 0 spiro atoms. The molecule has 2 rings (SSSR count). The van der Waals surface area contributed by atoms with Crippen LogP contribution in [0.3, 0.4) is 0 Å². The minimum absolute atomic E-state index is 0.237. The van der Waals surface area contributed by atoms with Gasteiger partial charge in [0.2, 0.25) is 0 Å². The van der Waals surface area contributed by atoms with Crippen molar-refractivity contribution in [2.75, 3.05) is 11.9 Å². The van der Waals surface area contributed by atoms with Crippen LogP contribution in [-0.2, 0) is 13.5 Å². The Morgan fingerprint density at radius 2 is 2.15 bits per heavy atom. The molecule has 1 aromatic heterocycles. The summed E-state index contributed by atoms with van der Waals surface area (Å²) in [5.74, 6) is 0.666. The number of benzene rings is 1. The number of anilines is 1. The maximum Gasteiger partial charge on any atom is 0.573 e. The Balaban J connectivity index is 1.90. The number of nitrogens with zero attached hydrogens (tertiary/aromatic N) is 2. The van der Waals surface area contributed by atoms with Gasteiger partial charge in [-0.1, -0.05) is 6.07 Å². The fraction of sp³-hybridized carbons (Fsp3) is 0.308. The Morgan fingerprint density at radius 1 is 1.35 bits per heavy atom. The highest BCUT2D eigenvalue weighted by Gasteiger charge is 2.31. The van der Waals surface area contributed by atoms with E-state index in [2.05, 4.69) is 15.0 Å². The normalized spacial score (nSPS) is 11.4. The van der Waals surface area contributed by atoms with Crippen molar-refractivity contribution in [3.63, 3.8) is 0 Å². The van der Waals surface area contributed by atoms with Crippen molar-refractivity contribution in [1.29, 1.82) is 0 Å². The predicted octanol–water partition coefficient (Wildman–Crippen LogP) is 2.97. The molecule has 7 heteroatoms. The van der Waals surface area contributed by atoms with Crippen molar-refractivity contribution in [1.82, 2.24) is 9.55 Å². The summed E-state index contributed by atoms with van der Waals surface area (Å²) >= 11 is 0. The van der Waals surface area contributed by atoms with Crippen LogP contribution in [0.4, 0.5) is 18.9 Å². The maximum atomic E-state index is 12.1. The smallest absolute Gasteiger partial charge is 0.406 e. The number of rotatable bonds is 5. The fourth-order valence-corrected chi connectivity index (χ4v) is 1.76. The number of hydrogen-bond acceptors (Lipinski definition) is 3. The summed E-state index contributed by atoms with van der Waals surface area (Å²) in [5, 5.41) is 3.04. The Bertz CT molecular complexity index is 566. The lowest BCUT2D eigenvalue weighted by Crippen LogP contribution is -2.17. The van der Waals surface area contributed by atoms with E-state index < -0.39 is 6.36 Å². The first-order valence-electron chi connectivity index (χ1n) is 6.00. The summed E-state index contributed by atoms with van der Waals surface area (Å²) in [6.45, 7) is 0.570. The molecule has 108 valence electrons. The van der Waals surface area contributed by atoms with Crippen LogP contribution in [-0.4, -0.2) is 22.5 Å². The molecule has 1 heterocycles. The topological polar surface area (TPSA) is 39.1 Å². The first kappa shape index (κ1) is 14.2. The molecule has 1 N–H and O–H groups in total. The van der Waals surface area contributed by atoms with E-state index in [4.69, 9.17) is 0 Å². The molecule has 0 saturated carbocycles. The number of aryl methyl sites for hydroxylation is 1. The van der Waals surface area contributed by atoms with Gasteiger partial charge in [-0.15, -0.1) is 13.2 Å². The number of nitrogens with one attached hydrogen (secondary N) is 1. The number of alkyl halides is 3. The molecule has 0 atom stereocenters. The highest BCUT2D eigenvalue weighted by atomic mass is 19.4. The lowest BCUT2D eigenvalue weighted by atomic mass is 10.3. The quantitative estimate of drug-likeness (QED) is 0.918.